The number of aryl methyl sites for hydroxylation is 2. The standard InChI is InChI=1S/C38H26N6/c1-23-21-32(41-35-30(23)19-18-26-17-16-24(2)40-34(26)35)38-43-36(27-9-4-3-5-10-27)42-37(44-38)29-13-6-12-28(22-29)31-15-7-11-25-14-8-20-39-33(25)31/h3-22H,1-2H3. The van der Waals surface area contributed by atoms with Gasteiger partial charge in [0.2, 0.25) is 0 Å². The second-order valence-corrected chi connectivity index (χ2v) is 10.9. The first kappa shape index (κ1) is 25.8. The molecule has 8 rings (SSSR count). The van der Waals surface area contributed by atoms with Gasteiger partial charge < -0.3 is 0 Å². The summed E-state index contributed by atoms with van der Waals surface area (Å²) in [6, 6.07) is 39.0. The molecule has 0 fully saturated rings. The monoisotopic (exact) mass is 566 g/mol. The highest BCUT2D eigenvalue weighted by molar-refractivity contribution is 6.04. The maximum atomic E-state index is 5.12. The predicted octanol–water partition coefficient (Wildman–Crippen LogP) is 8.80. The largest absolute Gasteiger partial charge is 0.256 e. The van der Waals surface area contributed by atoms with E-state index in [0.717, 1.165) is 66.2 Å². The van der Waals surface area contributed by atoms with E-state index in [9.17, 15) is 0 Å². The molecule has 4 aromatic heterocycles. The van der Waals surface area contributed by atoms with Gasteiger partial charge in [0.1, 0.15) is 5.69 Å². The fourth-order valence-electron chi connectivity index (χ4n) is 5.75. The van der Waals surface area contributed by atoms with Gasteiger partial charge in [0.15, 0.2) is 17.5 Å². The molecule has 8 aromatic rings. The lowest BCUT2D eigenvalue weighted by Crippen LogP contribution is -2.02. The SMILES string of the molecule is Cc1ccc2ccc3c(C)cc(-c4nc(-c5ccccc5)nc(-c5cccc(-c6cccc7cccnc67)c5)n4)nc3c2n1. The third kappa shape index (κ3) is 4.53. The Bertz CT molecular complexity index is 2360. The summed E-state index contributed by atoms with van der Waals surface area (Å²) in [7, 11) is 0. The Labute approximate surface area is 254 Å². The van der Waals surface area contributed by atoms with Crippen LogP contribution < -0.4 is 0 Å². The van der Waals surface area contributed by atoms with E-state index in [4.69, 9.17) is 24.9 Å². The van der Waals surface area contributed by atoms with Crippen molar-refractivity contribution in [2.75, 3.05) is 0 Å². The molecule has 6 nitrogen and oxygen atoms in total. The zero-order valence-electron chi connectivity index (χ0n) is 24.2. The second-order valence-electron chi connectivity index (χ2n) is 10.9. The quantitative estimate of drug-likeness (QED) is 0.198. The van der Waals surface area contributed by atoms with E-state index in [2.05, 4.69) is 72.6 Å². The molecule has 0 aliphatic heterocycles. The molecule has 208 valence electrons. The minimum atomic E-state index is 0.515. The lowest BCUT2D eigenvalue weighted by molar-refractivity contribution is 1.06. The van der Waals surface area contributed by atoms with Crippen molar-refractivity contribution in [2.45, 2.75) is 13.8 Å². The highest BCUT2D eigenvalue weighted by Gasteiger charge is 2.16. The Hall–Kier alpha value is -5.88. The minimum Gasteiger partial charge on any atom is -0.256 e. The average molecular weight is 567 g/mol. The molecule has 4 heterocycles. The van der Waals surface area contributed by atoms with E-state index < -0.39 is 0 Å². The second kappa shape index (κ2) is 10.4. The predicted molar refractivity (Wildman–Crippen MR) is 177 cm³/mol. The van der Waals surface area contributed by atoms with Crippen molar-refractivity contribution in [3.05, 3.63) is 133 Å². The molecule has 0 spiro atoms. The molecule has 4 aromatic carbocycles. The summed E-state index contributed by atoms with van der Waals surface area (Å²) in [5, 5.41) is 3.21. The molecule has 44 heavy (non-hydrogen) atoms. The number of para-hydroxylation sites is 1. The maximum Gasteiger partial charge on any atom is 0.182 e. The van der Waals surface area contributed by atoms with Crippen LogP contribution in [-0.2, 0) is 0 Å². The zero-order chi connectivity index (χ0) is 29.6. The van der Waals surface area contributed by atoms with E-state index in [1.54, 1.807) is 0 Å². The number of hydrogen-bond acceptors (Lipinski definition) is 6. The van der Waals surface area contributed by atoms with Gasteiger partial charge in [-0.25, -0.2) is 19.9 Å². The van der Waals surface area contributed by atoms with Crippen LogP contribution in [0.15, 0.2) is 121 Å². The molecule has 0 aliphatic rings. The molecule has 0 amide bonds. The summed E-state index contributed by atoms with van der Waals surface area (Å²) in [5.74, 6) is 1.69. The van der Waals surface area contributed by atoms with Crippen LogP contribution in [0.4, 0.5) is 0 Å². The molecule has 0 radical (unpaired) electrons. The lowest BCUT2D eigenvalue weighted by atomic mass is 10.00. The van der Waals surface area contributed by atoms with Gasteiger partial charge in [-0.05, 0) is 49.2 Å². The van der Waals surface area contributed by atoms with E-state index in [-0.39, 0.29) is 0 Å². The number of fused-ring (bicyclic) bond motifs is 4. The first-order valence-corrected chi connectivity index (χ1v) is 14.5. The summed E-state index contributed by atoms with van der Waals surface area (Å²) in [4.78, 5) is 29.6. The summed E-state index contributed by atoms with van der Waals surface area (Å²) >= 11 is 0. The Morgan fingerprint density at radius 1 is 0.455 bits per heavy atom. The number of aromatic nitrogens is 6. The van der Waals surface area contributed by atoms with Crippen molar-refractivity contribution in [1.29, 1.82) is 0 Å². The smallest absolute Gasteiger partial charge is 0.182 e. The highest BCUT2D eigenvalue weighted by Crippen LogP contribution is 2.32. The summed E-state index contributed by atoms with van der Waals surface area (Å²) in [5.41, 5.74) is 9.29. The third-order valence-corrected chi connectivity index (χ3v) is 7.95. The fraction of sp³-hybridized carbons (Fsp3) is 0.0526. The number of benzene rings is 4. The Kier molecular flexibility index (Phi) is 6.12. The molecular formula is C38H26N6. The molecule has 0 aliphatic carbocycles. The average Bonchev–Trinajstić information content (AvgIpc) is 3.08. The molecule has 0 saturated heterocycles. The Morgan fingerprint density at radius 2 is 1.16 bits per heavy atom. The number of rotatable bonds is 4. The van der Waals surface area contributed by atoms with Crippen molar-refractivity contribution >= 4 is 32.7 Å². The van der Waals surface area contributed by atoms with E-state index in [1.807, 2.05) is 67.7 Å². The molecule has 0 saturated carbocycles. The maximum absolute atomic E-state index is 5.12. The Balaban J connectivity index is 1.34. The topological polar surface area (TPSA) is 77.3 Å². The highest BCUT2D eigenvalue weighted by atomic mass is 15.0. The molecule has 0 unspecified atom stereocenters. The van der Waals surface area contributed by atoms with Gasteiger partial charge in [-0.15, -0.1) is 0 Å². The van der Waals surface area contributed by atoms with Gasteiger partial charge in [-0.2, -0.15) is 0 Å². The van der Waals surface area contributed by atoms with Crippen LogP contribution >= 0.6 is 0 Å². The lowest BCUT2D eigenvalue weighted by Gasteiger charge is -2.12. The zero-order valence-corrected chi connectivity index (χ0v) is 24.2. The van der Waals surface area contributed by atoms with Gasteiger partial charge in [0.25, 0.3) is 0 Å². The van der Waals surface area contributed by atoms with Crippen LogP contribution in [0.1, 0.15) is 11.3 Å². The van der Waals surface area contributed by atoms with Crippen LogP contribution in [0, 0.1) is 13.8 Å². The van der Waals surface area contributed by atoms with E-state index in [0.29, 0.717) is 23.2 Å². The molecular weight excluding hydrogens is 540 g/mol. The summed E-state index contributed by atoms with van der Waals surface area (Å²) in [6.45, 7) is 4.10. The number of hydrogen-bond donors (Lipinski definition) is 0. The van der Waals surface area contributed by atoms with Crippen molar-refractivity contribution in [1.82, 2.24) is 29.9 Å². The number of pyridine rings is 3. The normalized spacial score (nSPS) is 11.4. The fourth-order valence-corrected chi connectivity index (χ4v) is 5.75. The van der Waals surface area contributed by atoms with E-state index in [1.165, 1.54) is 0 Å². The molecule has 0 N–H and O–H groups in total. The molecule has 6 heteroatoms. The Morgan fingerprint density at radius 3 is 2.05 bits per heavy atom. The molecule has 0 bridgehead atoms. The molecule has 0 atom stereocenters. The first-order chi connectivity index (χ1) is 21.6. The first-order valence-electron chi connectivity index (χ1n) is 14.5. The van der Waals surface area contributed by atoms with Crippen LogP contribution in [0.3, 0.4) is 0 Å². The summed E-state index contributed by atoms with van der Waals surface area (Å²) < 4.78 is 0. The van der Waals surface area contributed by atoms with Crippen LogP contribution in [0.5, 0.6) is 0 Å². The van der Waals surface area contributed by atoms with Crippen molar-refractivity contribution < 1.29 is 0 Å². The van der Waals surface area contributed by atoms with Crippen molar-refractivity contribution in [2.24, 2.45) is 0 Å². The van der Waals surface area contributed by atoms with Gasteiger partial charge in [-0.3, -0.25) is 9.97 Å². The van der Waals surface area contributed by atoms with Gasteiger partial charge >= 0.3 is 0 Å². The number of nitrogens with zero attached hydrogens (tertiary/aromatic N) is 6. The van der Waals surface area contributed by atoms with Crippen LogP contribution in [0.25, 0.3) is 78.1 Å². The van der Waals surface area contributed by atoms with Gasteiger partial charge in [-0.1, -0.05) is 91.0 Å². The van der Waals surface area contributed by atoms with Crippen molar-refractivity contribution in [3.8, 4) is 45.4 Å². The van der Waals surface area contributed by atoms with Gasteiger partial charge in [0.05, 0.1) is 16.6 Å². The van der Waals surface area contributed by atoms with E-state index >= 15 is 0 Å². The van der Waals surface area contributed by atoms with Crippen molar-refractivity contribution in [3.63, 3.8) is 0 Å². The minimum absolute atomic E-state index is 0.515. The third-order valence-electron chi connectivity index (χ3n) is 7.95. The van der Waals surface area contributed by atoms with Crippen LogP contribution in [0.2, 0.25) is 0 Å². The summed E-state index contributed by atoms with van der Waals surface area (Å²) in [6.07, 6.45) is 1.83. The van der Waals surface area contributed by atoms with Crippen LogP contribution in [-0.4, -0.2) is 29.9 Å². The van der Waals surface area contributed by atoms with Gasteiger partial charge in [0, 0.05) is 44.7 Å².